The molecule has 0 radical (unpaired) electrons. The van der Waals surface area contributed by atoms with Gasteiger partial charge in [0.15, 0.2) is 0 Å². The van der Waals surface area contributed by atoms with Gasteiger partial charge in [0.05, 0.1) is 5.02 Å². The van der Waals surface area contributed by atoms with Crippen molar-refractivity contribution in [2.45, 2.75) is 0 Å². The van der Waals surface area contributed by atoms with Gasteiger partial charge in [-0.05, 0) is 18.2 Å². The molecule has 0 aliphatic rings. The van der Waals surface area contributed by atoms with E-state index >= 15 is 0 Å². The number of hydrogen-bond acceptors (Lipinski definition) is 4. The third kappa shape index (κ3) is 3.07. The third-order valence-electron chi connectivity index (χ3n) is 1.87. The lowest BCUT2D eigenvalue weighted by molar-refractivity contribution is 0.102. The number of aromatic nitrogens is 3. The molecular formula is C10H5Cl3N4O. The highest BCUT2D eigenvalue weighted by Gasteiger charge is 2.14. The number of hydrogen-bond donors (Lipinski definition) is 1. The van der Waals surface area contributed by atoms with Gasteiger partial charge in [-0.25, -0.2) is 15.0 Å². The molecule has 2 heterocycles. The Bertz CT molecular complexity index is 605. The summed E-state index contributed by atoms with van der Waals surface area (Å²) in [6, 6.07) is 4.45. The fraction of sp³-hybridized carbons (Fsp3) is 0. The molecule has 2 aromatic heterocycles. The van der Waals surface area contributed by atoms with Gasteiger partial charge in [0.25, 0.3) is 5.91 Å². The van der Waals surface area contributed by atoms with Crippen LogP contribution < -0.4 is 5.32 Å². The lowest BCUT2D eigenvalue weighted by atomic mass is 10.3. The Kier molecular flexibility index (Phi) is 3.96. The zero-order chi connectivity index (χ0) is 13.1. The second-order valence-electron chi connectivity index (χ2n) is 3.12. The maximum atomic E-state index is 11.9. The minimum absolute atomic E-state index is 0.00672. The van der Waals surface area contributed by atoms with Crippen LogP contribution in [0.2, 0.25) is 15.3 Å². The van der Waals surface area contributed by atoms with Gasteiger partial charge in [0.2, 0.25) is 5.95 Å². The molecule has 5 nitrogen and oxygen atoms in total. The van der Waals surface area contributed by atoms with Crippen LogP contribution >= 0.6 is 34.8 Å². The van der Waals surface area contributed by atoms with Gasteiger partial charge in [-0.2, -0.15) is 0 Å². The Balaban J connectivity index is 2.24. The maximum Gasteiger partial charge on any atom is 0.278 e. The minimum atomic E-state index is -0.565. The summed E-state index contributed by atoms with van der Waals surface area (Å²) in [5.74, 6) is -0.505. The molecule has 2 rings (SSSR count). The number of amides is 1. The van der Waals surface area contributed by atoms with Crippen LogP contribution in [0, 0.1) is 0 Å². The number of pyridine rings is 1. The Morgan fingerprint density at radius 1 is 1.06 bits per heavy atom. The number of anilines is 1. The van der Waals surface area contributed by atoms with E-state index in [9.17, 15) is 4.79 Å². The Labute approximate surface area is 117 Å². The number of carbonyl (C=O) groups excluding carboxylic acids is 1. The Morgan fingerprint density at radius 2 is 1.78 bits per heavy atom. The van der Waals surface area contributed by atoms with Crippen molar-refractivity contribution in [3.63, 3.8) is 0 Å². The van der Waals surface area contributed by atoms with Crippen molar-refractivity contribution < 1.29 is 4.79 Å². The van der Waals surface area contributed by atoms with E-state index in [1.807, 2.05) is 0 Å². The van der Waals surface area contributed by atoms with Crippen molar-refractivity contribution in [1.29, 1.82) is 0 Å². The molecular weight excluding hydrogens is 298 g/mol. The van der Waals surface area contributed by atoms with Crippen LogP contribution in [-0.4, -0.2) is 20.9 Å². The quantitative estimate of drug-likeness (QED) is 0.684. The second kappa shape index (κ2) is 5.48. The summed E-state index contributed by atoms with van der Waals surface area (Å²) in [4.78, 5) is 23.3. The highest BCUT2D eigenvalue weighted by atomic mass is 35.5. The molecule has 18 heavy (non-hydrogen) atoms. The van der Waals surface area contributed by atoms with Crippen molar-refractivity contribution >= 4 is 46.7 Å². The van der Waals surface area contributed by atoms with E-state index in [2.05, 4.69) is 20.3 Å². The first kappa shape index (κ1) is 13.0. The molecule has 0 atom stereocenters. The lowest BCUT2D eigenvalue weighted by Gasteiger charge is -2.04. The van der Waals surface area contributed by atoms with E-state index in [4.69, 9.17) is 34.8 Å². The first-order valence-electron chi connectivity index (χ1n) is 4.68. The van der Waals surface area contributed by atoms with Crippen LogP contribution in [0.1, 0.15) is 10.5 Å². The number of nitrogens with zero attached hydrogens (tertiary/aromatic N) is 3. The SMILES string of the molecule is O=C(Nc1nccc(Cl)n1)c1nc(Cl)ccc1Cl. The van der Waals surface area contributed by atoms with Gasteiger partial charge in [-0.15, -0.1) is 0 Å². The fourth-order valence-electron chi connectivity index (χ4n) is 1.14. The highest BCUT2D eigenvalue weighted by Crippen LogP contribution is 2.17. The minimum Gasteiger partial charge on any atom is -0.289 e. The normalized spacial score (nSPS) is 10.2. The summed E-state index contributed by atoms with van der Waals surface area (Å²) >= 11 is 17.2. The average Bonchev–Trinajstić information content (AvgIpc) is 2.32. The van der Waals surface area contributed by atoms with Crippen LogP contribution in [0.4, 0.5) is 5.95 Å². The molecule has 0 aromatic carbocycles. The molecule has 0 aliphatic heterocycles. The van der Waals surface area contributed by atoms with E-state index in [1.54, 1.807) is 0 Å². The van der Waals surface area contributed by atoms with Crippen molar-refractivity contribution in [1.82, 2.24) is 15.0 Å². The Morgan fingerprint density at radius 3 is 2.50 bits per heavy atom. The average molecular weight is 304 g/mol. The number of rotatable bonds is 2. The molecule has 0 fully saturated rings. The molecule has 1 amide bonds. The zero-order valence-corrected chi connectivity index (χ0v) is 11.0. The number of carbonyl (C=O) groups is 1. The summed E-state index contributed by atoms with van der Waals surface area (Å²) in [6.45, 7) is 0. The topological polar surface area (TPSA) is 67.8 Å². The molecule has 2 aromatic rings. The molecule has 92 valence electrons. The van der Waals surface area contributed by atoms with Crippen LogP contribution in [0.5, 0.6) is 0 Å². The first-order chi connectivity index (χ1) is 8.56. The van der Waals surface area contributed by atoms with Gasteiger partial charge in [-0.3, -0.25) is 10.1 Å². The molecule has 0 aliphatic carbocycles. The molecule has 0 bridgehead atoms. The smallest absolute Gasteiger partial charge is 0.278 e. The lowest BCUT2D eigenvalue weighted by Crippen LogP contribution is -2.16. The van der Waals surface area contributed by atoms with Gasteiger partial charge in [0, 0.05) is 6.20 Å². The van der Waals surface area contributed by atoms with Gasteiger partial charge in [0.1, 0.15) is 16.0 Å². The Hall–Kier alpha value is -1.43. The summed E-state index contributed by atoms with van der Waals surface area (Å²) in [7, 11) is 0. The van der Waals surface area contributed by atoms with Crippen molar-refractivity contribution in [3.8, 4) is 0 Å². The predicted octanol–water partition coefficient (Wildman–Crippen LogP) is 3.08. The van der Waals surface area contributed by atoms with E-state index in [0.29, 0.717) is 0 Å². The third-order valence-corrected chi connectivity index (χ3v) is 2.60. The highest BCUT2D eigenvalue weighted by molar-refractivity contribution is 6.35. The van der Waals surface area contributed by atoms with E-state index in [0.717, 1.165) is 0 Å². The van der Waals surface area contributed by atoms with Crippen molar-refractivity contribution in [3.05, 3.63) is 45.4 Å². The van der Waals surface area contributed by atoms with Crippen LogP contribution in [0.3, 0.4) is 0 Å². The molecule has 1 N–H and O–H groups in total. The van der Waals surface area contributed by atoms with Crippen molar-refractivity contribution in [2.24, 2.45) is 0 Å². The number of nitrogens with one attached hydrogen (secondary N) is 1. The molecule has 0 unspecified atom stereocenters. The first-order valence-corrected chi connectivity index (χ1v) is 5.81. The fourth-order valence-corrected chi connectivity index (χ4v) is 1.61. The molecule has 8 heteroatoms. The van der Waals surface area contributed by atoms with E-state index in [-0.39, 0.29) is 27.0 Å². The van der Waals surface area contributed by atoms with Gasteiger partial charge >= 0.3 is 0 Å². The standard InChI is InChI=1S/C10H5Cl3N4O/c11-5-1-2-6(12)15-8(5)9(18)17-10-14-4-3-7(13)16-10/h1-4H,(H,14,16,17,18). The zero-order valence-electron chi connectivity index (χ0n) is 8.69. The van der Waals surface area contributed by atoms with Gasteiger partial charge < -0.3 is 0 Å². The van der Waals surface area contributed by atoms with E-state index in [1.165, 1.54) is 24.4 Å². The summed E-state index contributed by atoms with van der Waals surface area (Å²) in [5, 5.41) is 2.97. The monoisotopic (exact) mass is 302 g/mol. The predicted molar refractivity (Wildman–Crippen MR) is 69.3 cm³/mol. The maximum absolute atomic E-state index is 11.9. The second-order valence-corrected chi connectivity index (χ2v) is 4.30. The summed E-state index contributed by atoms with van der Waals surface area (Å²) in [6.07, 6.45) is 1.41. The molecule has 0 saturated carbocycles. The molecule has 0 spiro atoms. The number of halogens is 3. The molecule has 0 saturated heterocycles. The van der Waals surface area contributed by atoms with Crippen LogP contribution in [0.15, 0.2) is 24.4 Å². The summed E-state index contributed by atoms with van der Waals surface area (Å²) < 4.78 is 0. The van der Waals surface area contributed by atoms with E-state index < -0.39 is 5.91 Å². The van der Waals surface area contributed by atoms with Gasteiger partial charge in [-0.1, -0.05) is 34.8 Å². The van der Waals surface area contributed by atoms with Crippen LogP contribution in [-0.2, 0) is 0 Å². The largest absolute Gasteiger partial charge is 0.289 e. The van der Waals surface area contributed by atoms with Crippen LogP contribution in [0.25, 0.3) is 0 Å². The van der Waals surface area contributed by atoms with Crippen molar-refractivity contribution in [2.75, 3.05) is 5.32 Å². The summed E-state index contributed by atoms with van der Waals surface area (Å²) in [5.41, 5.74) is -0.00672.